The second-order valence-electron chi connectivity index (χ2n) is 5.40. The molecule has 1 saturated carbocycles. The van der Waals surface area contributed by atoms with E-state index in [2.05, 4.69) is 15.9 Å². The van der Waals surface area contributed by atoms with Crippen molar-refractivity contribution in [2.24, 2.45) is 0 Å². The van der Waals surface area contributed by atoms with Crippen LogP contribution in [0.1, 0.15) is 37.4 Å². The van der Waals surface area contributed by atoms with E-state index in [-0.39, 0.29) is 0 Å². The van der Waals surface area contributed by atoms with Crippen LogP contribution in [0.15, 0.2) is 22.7 Å². The van der Waals surface area contributed by atoms with Crippen molar-refractivity contribution in [1.29, 1.82) is 0 Å². The summed E-state index contributed by atoms with van der Waals surface area (Å²) in [5.74, 6) is 8.68. The van der Waals surface area contributed by atoms with Crippen molar-refractivity contribution < 1.29 is 4.74 Å². The van der Waals surface area contributed by atoms with Crippen molar-refractivity contribution in [2.45, 2.75) is 31.6 Å². The van der Waals surface area contributed by atoms with Gasteiger partial charge in [0.15, 0.2) is 5.82 Å². The number of ether oxygens (including phenoxy) is 1. The summed E-state index contributed by atoms with van der Waals surface area (Å²) >= 11 is 3.55. The van der Waals surface area contributed by atoms with Crippen molar-refractivity contribution in [3.05, 3.63) is 28.5 Å². The minimum absolute atomic E-state index is 0.412. The van der Waals surface area contributed by atoms with E-state index in [9.17, 15) is 0 Å². The minimum Gasteiger partial charge on any atom is -0.497 e. The molecule has 0 saturated heterocycles. The molecular weight excluding hydrogens is 332 g/mol. The Kier molecular flexibility index (Phi) is 3.80. The van der Waals surface area contributed by atoms with Crippen molar-refractivity contribution in [3.63, 3.8) is 0 Å². The van der Waals surface area contributed by atoms with Gasteiger partial charge in [-0.1, -0.05) is 28.8 Å². The van der Waals surface area contributed by atoms with Crippen LogP contribution in [-0.4, -0.2) is 16.8 Å². The number of halogens is 1. The summed E-state index contributed by atoms with van der Waals surface area (Å²) in [4.78, 5) is 4.73. The number of hydrogen-bond donors (Lipinski definition) is 2. The van der Waals surface area contributed by atoms with Crippen LogP contribution in [0, 0.1) is 0 Å². The normalized spacial score (nSPS) is 15.5. The lowest BCUT2D eigenvalue weighted by Crippen LogP contribution is -2.17. The molecule has 2 aromatic rings. The van der Waals surface area contributed by atoms with Gasteiger partial charge in [0, 0.05) is 16.0 Å². The third-order valence-corrected chi connectivity index (χ3v) is 4.82. The fourth-order valence-corrected chi connectivity index (χ4v) is 3.38. The first-order chi connectivity index (χ1) is 10.1. The van der Waals surface area contributed by atoms with Crippen molar-refractivity contribution >= 4 is 21.7 Å². The van der Waals surface area contributed by atoms with Crippen molar-refractivity contribution in [3.8, 4) is 17.0 Å². The highest BCUT2D eigenvalue weighted by atomic mass is 79.9. The van der Waals surface area contributed by atoms with Crippen LogP contribution in [0.4, 0.5) is 5.82 Å². The Morgan fingerprint density at radius 3 is 2.71 bits per heavy atom. The zero-order valence-corrected chi connectivity index (χ0v) is 13.6. The second-order valence-corrected chi connectivity index (χ2v) is 6.26. The molecule has 5 nitrogen and oxygen atoms in total. The third-order valence-electron chi connectivity index (χ3n) is 4.12. The Balaban J connectivity index is 2.08. The lowest BCUT2D eigenvalue weighted by Gasteiger charge is -2.08. The summed E-state index contributed by atoms with van der Waals surface area (Å²) in [6, 6.07) is 5.74. The maximum Gasteiger partial charge on any atom is 0.150 e. The SMILES string of the molecule is COc1ccc(Br)c(-c2nc(C3CCCC3)n(N)c2N)c1. The van der Waals surface area contributed by atoms with Crippen molar-refractivity contribution in [2.75, 3.05) is 18.7 Å². The van der Waals surface area contributed by atoms with Gasteiger partial charge in [-0.2, -0.15) is 0 Å². The standard InChI is InChI=1S/C15H19BrN4O/c1-21-10-6-7-12(16)11(8-10)13-14(17)20(18)15(19-13)9-4-2-3-5-9/h6-9H,2-5,17-18H2,1H3. The smallest absolute Gasteiger partial charge is 0.150 e. The van der Waals surface area contributed by atoms with E-state index < -0.39 is 0 Å². The van der Waals surface area contributed by atoms with Gasteiger partial charge in [0.25, 0.3) is 0 Å². The summed E-state index contributed by atoms with van der Waals surface area (Å²) in [5.41, 5.74) is 7.79. The molecule has 0 unspecified atom stereocenters. The maximum absolute atomic E-state index is 6.18. The fraction of sp³-hybridized carbons (Fsp3) is 0.400. The number of nitrogen functional groups attached to an aromatic ring is 2. The molecule has 0 amide bonds. The Labute approximate surface area is 132 Å². The van der Waals surface area contributed by atoms with Crippen LogP contribution < -0.4 is 16.3 Å². The number of imidazole rings is 1. The lowest BCUT2D eigenvalue weighted by atomic mass is 10.1. The molecule has 112 valence electrons. The molecule has 1 aliphatic carbocycles. The molecule has 0 atom stereocenters. The first-order valence-corrected chi connectivity index (χ1v) is 7.88. The average molecular weight is 351 g/mol. The lowest BCUT2D eigenvalue weighted by molar-refractivity contribution is 0.415. The van der Waals surface area contributed by atoms with Crippen molar-refractivity contribution in [1.82, 2.24) is 9.66 Å². The Morgan fingerprint density at radius 1 is 1.33 bits per heavy atom. The number of nitrogens with zero attached hydrogens (tertiary/aromatic N) is 2. The highest BCUT2D eigenvalue weighted by molar-refractivity contribution is 9.10. The molecule has 4 N–H and O–H groups in total. The Hall–Kier alpha value is -1.69. The molecule has 1 aromatic carbocycles. The summed E-state index contributed by atoms with van der Waals surface area (Å²) in [6.45, 7) is 0. The Morgan fingerprint density at radius 2 is 2.05 bits per heavy atom. The van der Waals surface area contributed by atoms with E-state index in [0.29, 0.717) is 17.4 Å². The van der Waals surface area contributed by atoms with E-state index in [1.165, 1.54) is 17.5 Å². The molecular formula is C15H19BrN4O. The molecule has 1 heterocycles. The van der Waals surface area contributed by atoms with Crippen LogP contribution in [0.3, 0.4) is 0 Å². The molecule has 6 heteroatoms. The molecule has 0 radical (unpaired) electrons. The van der Waals surface area contributed by atoms with E-state index in [1.807, 2.05) is 18.2 Å². The highest BCUT2D eigenvalue weighted by Crippen LogP contribution is 2.39. The predicted octanol–water partition coefficient (Wildman–Crippen LogP) is 3.27. The summed E-state index contributed by atoms with van der Waals surface area (Å²) in [6.07, 6.45) is 4.73. The van der Waals surface area contributed by atoms with Crippen LogP contribution in [-0.2, 0) is 0 Å². The van der Waals surface area contributed by atoms with Gasteiger partial charge in [-0.25, -0.2) is 9.66 Å². The minimum atomic E-state index is 0.412. The summed E-state index contributed by atoms with van der Waals surface area (Å²) < 4.78 is 7.74. The molecule has 3 rings (SSSR count). The first-order valence-electron chi connectivity index (χ1n) is 7.09. The second kappa shape index (κ2) is 5.60. The van der Waals surface area contributed by atoms with Crippen LogP contribution in [0.25, 0.3) is 11.3 Å². The van der Waals surface area contributed by atoms with Gasteiger partial charge in [0.1, 0.15) is 17.3 Å². The number of rotatable bonds is 3. The van der Waals surface area contributed by atoms with E-state index in [0.717, 1.165) is 34.5 Å². The molecule has 1 aromatic heterocycles. The maximum atomic E-state index is 6.18. The number of benzene rings is 1. The summed E-state index contributed by atoms with van der Waals surface area (Å²) in [7, 11) is 1.64. The number of anilines is 1. The van der Waals surface area contributed by atoms with Gasteiger partial charge in [-0.3, -0.25) is 0 Å². The molecule has 0 aliphatic heterocycles. The molecule has 0 spiro atoms. The molecule has 0 bridgehead atoms. The van der Waals surface area contributed by atoms with E-state index in [4.69, 9.17) is 21.3 Å². The number of hydrogen-bond acceptors (Lipinski definition) is 4. The molecule has 1 fully saturated rings. The van der Waals surface area contributed by atoms with Gasteiger partial charge >= 0.3 is 0 Å². The highest BCUT2D eigenvalue weighted by Gasteiger charge is 2.25. The van der Waals surface area contributed by atoms with Crippen LogP contribution >= 0.6 is 15.9 Å². The monoisotopic (exact) mass is 350 g/mol. The van der Waals surface area contributed by atoms with E-state index >= 15 is 0 Å². The third kappa shape index (κ3) is 2.48. The predicted molar refractivity (Wildman–Crippen MR) is 87.7 cm³/mol. The van der Waals surface area contributed by atoms with Gasteiger partial charge in [-0.15, -0.1) is 0 Å². The average Bonchev–Trinajstić information content (AvgIpc) is 3.10. The molecule has 1 aliphatic rings. The summed E-state index contributed by atoms with van der Waals surface area (Å²) in [5, 5.41) is 0. The van der Waals surface area contributed by atoms with Gasteiger partial charge in [0.05, 0.1) is 7.11 Å². The quantitative estimate of drug-likeness (QED) is 0.832. The number of methoxy groups -OCH3 is 1. The molecule has 21 heavy (non-hydrogen) atoms. The zero-order valence-electron chi connectivity index (χ0n) is 12.0. The zero-order chi connectivity index (χ0) is 15.0. The largest absolute Gasteiger partial charge is 0.497 e. The Bertz CT molecular complexity index is 662. The number of nitrogens with two attached hydrogens (primary N) is 2. The fourth-order valence-electron chi connectivity index (χ4n) is 2.95. The van der Waals surface area contributed by atoms with Gasteiger partial charge in [-0.05, 0) is 31.0 Å². The van der Waals surface area contributed by atoms with E-state index in [1.54, 1.807) is 7.11 Å². The first kappa shape index (κ1) is 14.3. The topological polar surface area (TPSA) is 79.1 Å². The van der Waals surface area contributed by atoms with Crippen LogP contribution in [0.5, 0.6) is 5.75 Å². The van der Waals surface area contributed by atoms with Crippen LogP contribution in [0.2, 0.25) is 0 Å². The number of aromatic nitrogens is 2. The van der Waals surface area contributed by atoms with Gasteiger partial charge in [0.2, 0.25) is 0 Å². The van der Waals surface area contributed by atoms with Gasteiger partial charge < -0.3 is 16.3 Å².